The smallest absolute Gasteiger partial charge is 0.315 e. The van der Waals surface area contributed by atoms with Crippen LogP contribution >= 0.6 is 0 Å². The number of aliphatic carboxylic acids is 1. The van der Waals surface area contributed by atoms with Crippen LogP contribution in [0.4, 0.5) is 0 Å². The molecule has 0 spiro atoms. The Morgan fingerprint density at radius 1 is 1.31 bits per heavy atom. The van der Waals surface area contributed by atoms with Crippen LogP contribution in [0, 0.1) is 5.41 Å². The van der Waals surface area contributed by atoms with Gasteiger partial charge >= 0.3 is 5.97 Å². The fourth-order valence-electron chi connectivity index (χ4n) is 2.79. The van der Waals surface area contributed by atoms with E-state index < -0.39 is 17.0 Å². The van der Waals surface area contributed by atoms with Crippen LogP contribution < -0.4 is 5.32 Å². The number of carbonyl (C=O) groups is 1. The molecule has 2 saturated heterocycles. The van der Waals surface area contributed by atoms with E-state index in [4.69, 9.17) is 0 Å². The van der Waals surface area contributed by atoms with Crippen LogP contribution in [0.1, 0.15) is 19.3 Å². The van der Waals surface area contributed by atoms with Crippen LogP contribution in [0.5, 0.6) is 0 Å². The maximum Gasteiger partial charge on any atom is 0.315 e. The summed E-state index contributed by atoms with van der Waals surface area (Å²) >= 11 is 0. The summed E-state index contributed by atoms with van der Waals surface area (Å²) in [5.41, 5.74) is -2.01. The van der Waals surface area contributed by atoms with Gasteiger partial charge in [-0.25, -0.2) is 0 Å². The van der Waals surface area contributed by atoms with Crippen molar-refractivity contribution in [1.29, 1.82) is 0 Å². The largest absolute Gasteiger partial charge is 0.481 e. The van der Waals surface area contributed by atoms with Gasteiger partial charge in [-0.15, -0.1) is 0 Å². The molecular formula is C11H20N2O3. The van der Waals surface area contributed by atoms with E-state index in [0.29, 0.717) is 25.9 Å². The zero-order valence-corrected chi connectivity index (χ0v) is 9.70. The van der Waals surface area contributed by atoms with Crippen molar-refractivity contribution in [3.63, 3.8) is 0 Å². The summed E-state index contributed by atoms with van der Waals surface area (Å²) in [7, 11) is 2.01. The molecule has 0 aromatic rings. The molecule has 2 fully saturated rings. The lowest BCUT2D eigenvalue weighted by Crippen LogP contribution is -2.70. The molecule has 92 valence electrons. The molecule has 0 aromatic carbocycles. The van der Waals surface area contributed by atoms with Crippen LogP contribution in [0.2, 0.25) is 0 Å². The van der Waals surface area contributed by atoms with Crippen molar-refractivity contribution in [3.05, 3.63) is 0 Å². The molecule has 3 N–H and O–H groups in total. The fraction of sp³-hybridized carbons (Fsp3) is 0.909. The zero-order valence-electron chi connectivity index (χ0n) is 9.70. The number of hydrogen-bond acceptors (Lipinski definition) is 4. The molecule has 0 radical (unpaired) electrons. The lowest BCUT2D eigenvalue weighted by atomic mass is 9.64. The number of nitrogens with one attached hydrogen (secondary N) is 1. The monoisotopic (exact) mass is 228 g/mol. The number of likely N-dealkylation sites (tertiary alicyclic amines) is 1. The summed E-state index contributed by atoms with van der Waals surface area (Å²) in [4.78, 5) is 13.5. The minimum absolute atomic E-state index is 0.391. The lowest BCUT2D eigenvalue weighted by Gasteiger charge is -2.50. The van der Waals surface area contributed by atoms with Gasteiger partial charge in [-0.1, -0.05) is 0 Å². The van der Waals surface area contributed by atoms with E-state index in [9.17, 15) is 15.0 Å². The van der Waals surface area contributed by atoms with Gasteiger partial charge in [0.1, 0.15) is 5.41 Å². The third-order valence-corrected chi connectivity index (χ3v) is 4.19. The van der Waals surface area contributed by atoms with Gasteiger partial charge < -0.3 is 20.4 Å². The second-order valence-corrected chi connectivity index (χ2v) is 5.18. The molecule has 0 bridgehead atoms. The maximum absolute atomic E-state index is 11.4. The Morgan fingerprint density at radius 3 is 2.50 bits per heavy atom. The minimum atomic E-state index is -1.05. The molecule has 2 heterocycles. The van der Waals surface area contributed by atoms with Gasteiger partial charge in [0.15, 0.2) is 0 Å². The van der Waals surface area contributed by atoms with Crippen molar-refractivity contribution in [2.24, 2.45) is 5.41 Å². The molecule has 5 nitrogen and oxygen atoms in total. The molecule has 2 aliphatic rings. The van der Waals surface area contributed by atoms with E-state index in [-0.39, 0.29) is 0 Å². The van der Waals surface area contributed by atoms with E-state index in [0.717, 1.165) is 19.5 Å². The number of carboxylic acid groups (broad SMARTS) is 1. The third kappa shape index (κ3) is 1.63. The average molecular weight is 228 g/mol. The van der Waals surface area contributed by atoms with Gasteiger partial charge in [-0.3, -0.25) is 4.79 Å². The van der Waals surface area contributed by atoms with Gasteiger partial charge in [0.25, 0.3) is 0 Å². The predicted molar refractivity (Wildman–Crippen MR) is 59.2 cm³/mol. The van der Waals surface area contributed by atoms with E-state index in [1.807, 2.05) is 7.05 Å². The van der Waals surface area contributed by atoms with Gasteiger partial charge in [0.05, 0.1) is 5.60 Å². The first-order chi connectivity index (χ1) is 7.50. The first-order valence-electron chi connectivity index (χ1n) is 5.85. The van der Waals surface area contributed by atoms with Crippen molar-refractivity contribution < 1.29 is 15.0 Å². The highest BCUT2D eigenvalue weighted by Gasteiger charge is 2.59. The number of rotatable bonds is 2. The molecule has 0 amide bonds. The molecular weight excluding hydrogens is 208 g/mol. The van der Waals surface area contributed by atoms with Crippen molar-refractivity contribution in [2.45, 2.75) is 24.9 Å². The molecule has 0 aromatic heterocycles. The number of carboxylic acids is 1. The van der Waals surface area contributed by atoms with Crippen LogP contribution in [-0.2, 0) is 4.79 Å². The summed E-state index contributed by atoms with van der Waals surface area (Å²) in [6.45, 7) is 2.49. The quantitative estimate of drug-likeness (QED) is 0.594. The first-order valence-corrected chi connectivity index (χ1v) is 5.85. The van der Waals surface area contributed by atoms with Crippen LogP contribution in [0.25, 0.3) is 0 Å². The highest BCUT2D eigenvalue weighted by Crippen LogP contribution is 2.42. The molecule has 0 aliphatic carbocycles. The van der Waals surface area contributed by atoms with Crippen molar-refractivity contribution in [3.8, 4) is 0 Å². The second kappa shape index (κ2) is 3.98. The Kier molecular flexibility index (Phi) is 2.94. The number of nitrogens with zero attached hydrogens (tertiary/aromatic N) is 1. The molecule has 5 heteroatoms. The Balaban J connectivity index is 2.19. The Hall–Kier alpha value is -0.650. The van der Waals surface area contributed by atoms with Gasteiger partial charge in [-0.05, 0) is 32.9 Å². The highest BCUT2D eigenvalue weighted by atomic mass is 16.4. The van der Waals surface area contributed by atoms with Crippen molar-refractivity contribution in [1.82, 2.24) is 10.2 Å². The lowest BCUT2D eigenvalue weighted by molar-refractivity contribution is -0.180. The van der Waals surface area contributed by atoms with E-state index in [1.54, 1.807) is 0 Å². The van der Waals surface area contributed by atoms with Gasteiger partial charge in [0, 0.05) is 19.6 Å². The number of aliphatic hydroxyl groups is 1. The van der Waals surface area contributed by atoms with Crippen LogP contribution in [0.3, 0.4) is 0 Å². The topological polar surface area (TPSA) is 72.8 Å². The molecule has 16 heavy (non-hydrogen) atoms. The van der Waals surface area contributed by atoms with E-state index in [1.165, 1.54) is 0 Å². The first kappa shape index (κ1) is 11.8. The maximum atomic E-state index is 11.4. The van der Waals surface area contributed by atoms with Crippen LogP contribution in [0.15, 0.2) is 0 Å². The standard InChI is InChI=1S/C11H20N2O3/c1-13-5-2-3-11(16,4-6-13)10(9(14)15)7-12-8-10/h12,16H,2-8H2,1H3,(H,14,15). The van der Waals surface area contributed by atoms with Gasteiger partial charge in [0.2, 0.25) is 0 Å². The Bertz CT molecular complexity index is 291. The van der Waals surface area contributed by atoms with Crippen LogP contribution in [-0.4, -0.2) is 59.9 Å². The summed E-state index contributed by atoms with van der Waals surface area (Å²) in [6, 6.07) is 0. The fourth-order valence-corrected chi connectivity index (χ4v) is 2.79. The van der Waals surface area contributed by atoms with Gasteiger partial charge in [-0.2, -0.15) is 0 Å². The van der Waals surface area contributed by atoms with Crippen molar-refractivity contribution >= 4 is 5.97 Å². The van der Waals surface area contributed by atoms with E-state index >= 15 is 0 Å². The normalized spacial score (nSPS) is 35.1. The summed E-state index contributed by atoms with van der Waals surface area (Å²) < 4.78 is 0. The summed E-state index contributed by atoms with van der Waals surface area (Å²) in [5, 5.41) is 23.0. The average Bonchev–Trinajstić information content (AvgIpc) is 2.26. The summed E-state index contributed by atoms with van der Waals surface area (Å²) in [5.74, 6) is -0.863. The van der Waals surface area contributed by atoms with E-state index in [2.05, 4.69) is 10.2 Å². The summed E-state index contributed by atoms with van der Waals surface area (Å²) in [6.07, 6.45) is 2.00. The third-order valence-electron chi connectivity index (χ3n) is 4.19. The SMILES string of the molecule is CN1CCCC(O)(C2(C(=O)O)CNC2)CC1. The Morgan fingerprint density at radius 2 is 2.00 bits per heavy atom. The minimum Gasteiger partial charge on any atom is -0.481 e. The molecule has 1 atom stereocenters. The number of hydrogen-bond donors (Lipinski definition) is 3. The molecule has 2 aliphatic heterocycles. The predicted octanol–water partition coefficient (Wildman–Crippen LogP) is -0.493. The highest BCUT2D eigenvalue weighted by molar-refractivity contribution is 5.78. The molecule has 0 saturated carbocycles. The molecule has 2 rings (SSSR count). The zero-order chi connectivity index (χ0) is 11.8. The molecule has 1 unspecified atom stereocenters. The Labute approximate surface area is 95.4 Å². The second-order valence-electron chi connectivity index (χ2n) is 5.18. The van der Waals surface area contributed by atoms with Crippen molar-refractivity contribution in [2.75, 3.05) is 33.2 Å².